The van der Waals surface area contributed by atoms with Crippen LogP contribution in [-0.2, 0) is 16.2 Å². The number of hydrogen-bond donors (Lipinski definition) is 1. The average molecular weight is 457 g/mol. The molecule has 0 spiro atoms. The van der Waals surface area contributed by atoms with E-state index in [1.54, 1.807) is 0 Å². The molecule has 0 atom stereocenters. The molecule has 0 fully saturated rings. The van der Waals surface area contributed by atoms with Crippen molar-refractivity contribution in [2.45, 2.75) is 11.1 Å². The van der Waals surface area contributed by atoms with Crippen LogP contribution in [0.5, 0.6) is 11.5 Å². The fourth-order valence-corrected chi connectivity index (χ4v) is 4.09. The predicted molar refractivity (Wildman–Crippen MR) is 99.7 cm³/mol. The van der Waals surface area contributed by atoms with Gasteiger partial charge in [-0.25, -0.2) is 22.3 Å². The molecule has 1 aliphatic heterocycles. The Kier molecular flexibility index (Phi) is 4.90. The molecule has 5 nitrogen and oxygen atoms in total. The minimum absolute atomic E-state index is 0.0203. The van der Waals surface area contributed by atoms with Crippen molar-refractivity contribution in [3.63, 3.8) is 0 Å². The molecule has 11 heteroatoms. The Morgan fingerprint density at radius 3 is 1.94 bits per heavy atom. The molecule has 0 amide bonds. The van der Waals surface area contributed by atoms with Gasteiger partial charge in [0.15, 0.2) is 11.5 Å². The van der Waals surface area contributed by atoms with E-state index in [9.17, 15) is 30.4 Å². The monoisotopic (exact) mass is 457 g/mol. The molecule has 31 heavy (non-hydrogen) atoms. The van der Waals surface area contributed by atoms with Gasteiger partial charge in [-0.15, -0.1) is 0 Å². The van der Waals surface area contributed by atoms with E-state index in [4.69, 9.17) is 14.6 Å². The van der Waals surface area contributed by atoms with E-state index in [0.717, 1.165) is 0 Å². The summed E-state index contributed by atoms with van der Waals surface area (Å²) >= 11 is 0. The van der Waals surface area contributed by atoms with Crippen LogP contribution in [0.1, 0.15) is 5.56 Å². The first kappa shape index (κ1) is 21.1. The molecule has 0 aromatic heterocycles. The standard InChI is InChI=1S/C20H12F5NO4S/c21-14-5-10(6-15(22)19(14)20(23,24)25)12-7-16-17(30-9-29-16)8-13(12)11-3-1-2-4-18(11)31(26,27)28/h1-8H,9H2,(H2,26,27,28). The number of fused-ring (bicyclic) bond motifs is 1. The molecule has 2 N–H and O–H groups in total. The van der Waals surface area contributed by atoms with Gasteiger partial charge < -0.3 is 9.47 Å². The number of alkyl halides is 3. The minimum atomic E-state index is -5.23. The number of halogens is 5. The van der Waals surface area contributed by atoms with Crippen molar-refractivity contribution in [1.29, 1.82) is 0 Å². The summed E-state index contributed by atoms with van der Waals surface area (Å²) in [6.45, 7) is -0.162. The van der Waals surface area contributed by atoms with Gasteiger partial charge in [0.2, 0.25) is 16.8 Å². The Morgan fingerprint density at radius 2 is 1.39 bits per heavy atom. The minimum Gasteiger partial charge on any atom is -0.454 e. The van der Waals surface area contributed by atoms with Gasteiger partial charge in [0.25, 0.3) is 0 Å². The van der Waals surface area contributed by atoms with Crippen LogP contribution in [0.25, 0.3) is 22.3 Å². The van der Waals surface area contributed by atoms with E-state index in [0.29, 0.717) is 12.1 Å². The maximum absolute atomic E-state index is 14.2. The second kappa shape index (κ2) is 7.20. The third-order valence-electron chi connectivity index (χ3n) is 4.63. The molecular formula is C20H12F5NO4S. The highest BCUT2D eigenvalue weighted by atomic mass is 32.2. The van der Waals surface area contributed by atoms with Crippen LogP contribution in [-0.4, -0.2) is 15.2 Å². The number of primary sulfonamides is 1. The zero-order valence-electron chi connectivity index (χ0n) is 15.3. The number of hydrogen-bond acceptors (Lipinski definition) is 4. The average Bonchev–Trinajstić information content (AvgIpc) is 3.12. The first-order valence-electron chi connectivity index (χ1n) is 8.59. The fourth-order valence-electron chi connectivity index (χ4n) is 3.34. The van der Waals surface area contributed by atoms with Crippen LogP contribution < -0.4 is 14.6 Å². The van der Waals surface area contributed by atoms with Gasteiger partial charge in [-0.1, -0.05) is 18.2 Å². The Bertz CT molecular complexity index is 1280. The van der Waals surface area contributed by atoms with Crippen molar-refractivity contribution in [2.75, 3.05) is 6.79 Å². The number of sulfonamides is 1. The van der Waals surface area contributed by atoms with Crippen molar-refractivity contribution in [2.24, 2.45) is 5.14 Å². The SMILES string of the molecule is NS(=O)(=O)c1ccccc1-c1cc2c(cc1-c1cc(F)c(C(F)(F)F)c(F)c1)OCO2. The zero-order valence-corrected chi connectivity index (χ0v) is 16.2. The normalized spacial score (nSPS) is 13.5. The number of ether oxygens (including phenoxy) is 2. The van der Waals surface area contributed by atoms with Gasteiger partial charge in [0.05, 0.1) is 4.90 Å². The largest absolute Gasteiger partial charge is 0.454 e. The van der Waals surface area contributed by atoms with Crippen LogP contribution in [0, 0.1) is 11.6 Å². The molecule has 3 aromatic carbocycles. The molecule has 4 rings (SSSR count). The van der Waals surface area contributed by atoms with Crippen molar-refractivity contribution in [3.05, 3.63) is 65.7 Å². The summed E-state index contributed by atoms with van der Waals surface area (Å²) in [5, 5.41) is 5.28. The molecule has 0 bridgehead atoms. The second-order valence-corrected chi connectivity index (χ2v) is 8.13. The molecule has 0 aliphatic carbocycles. The van der Waals surface area contributed by atoms with Crippen LogP contribution >= 0.6 is 0 Å². The Hall–Kier alpha value is -3.18. The molecule has 162 valence electrons. The lowest BCUT2D eigenvalue weighted by Crippen LogP contribution is -2.13. The summed E-state index contributed by atoms with van der Waals surface area (Å²) in [4.78, 5) is -0.289. The molecule has 0 radical (unpaired) electrons. The lowest BCUT2D eigenvalue weighted by molar-refractivity contribution is -0.142. The van der Waals surface area contributed by atoms with Gasteiger partial charge >= 0.3 is 6.18 Å². The maximum atomic E-state index is 14.2. The first-order valence-corrected chi connectivity index (χ1v) is 10.1. The Morgan fingerprint density at radius 1 is 0.839 bits per heavy atom. The van der Waals surface area contributed by atoms with Crippen molar-refractivity contribution < 1.29 is 39.8 Å². The van der Waals surface area contributed by atoms with Gasteiger partial charge in [-0.2, -0.15) is 13.2 Å². The van der Waals surface area contributed by atoms with E-state index in [-0.39, 0.29) is 45.4 Å². The first-order chi connectivity index (χ1) is 14.5. The van der Waals surface area contributed by atoms with Crippen LogP contribution in [0.4, 0.5) is 22.0 Å². The smallest absolute Gasteiger partial charge is 0.422 e. The van der Waals surface area contributed by atoms with Gasteiger partial charge in [0.1, 0.15) is 17.2 Å². The molecule has 0 saturated carbocycles. The van der Waals surface area contributed by atoms with Crippen LogP contribution in [0.2, 0.25) is 0 Å². The van der Waals surface area contributed by atoms with Gasteiger partial charge in [-0.05, 0) is 47.0 Å². The van der Waals surface area contributed by atoms with Crippen molar-refractivity contribution in [3.8, 4) is 33.8 Å². The summed E-state index contributed by atoms with van der Waals surface area (Å²) in [5.74, 6) is -3.24. The van der Waals surface area contributed by atoms with Gasteiger partial charge in [0, 0.05) is 5.56 Å². The summed E-state index contributed by atoms with van der Waals surface area (Å²) in [6.07, 6.45) is -5.23. The number of benzene rings is 3. The van der Waals surface area contributed by atoms with E-state index in [2.05, 4.69) is 0 Å². The molecule has 1 aliphatic rings. The summed E-state index contributed by atoms with van der Waals surface area (Å²) in [6, 6.07) is 9.28. The van der Waals surface area contributed by atoms with Crippen LogP contribution in [0.3, 0.4) is 0 Å². The summed E-state index contributed by atoms with van der Waals surface area (Å²) in [7, 11) is -4.21. The quantitative estimate of drug-likeness (QED) is 0.579. The predicted octanol–water partition coefficient (Wildman–Crippen LogP) is 4.69. The highest BCUT2D eigenvalue weighted by molar-refractivity contribution is 7.89. The second-order valence-electron chi connectivity index (χ2n) is 6.60. The lowest BCUT2D eigenvalue weighted by atomic mass is 9.93. The topological polar surface area (TPSA) is 78.6 Å². The summed E-state index contributed by atoms with van der Waals surface area (Å²) < 4.78 is 102. The van der Waals surface area contributed by atoms with Crippen molar-refractivity contribution >= 4 is 10.0 Å². The number of rotatable bonds is 3. The molecule has 1 heterocycles. The zero-order chi connectivity index (χ0) is 22.6. The Labute approximate surface area is 172 Å². The molecule has 0 saturated heterocycles. The molecule has 3 aromatic rings. The van der Waals surface area contributed by atoms with E-state index in [1.165, 1.54) is 36.4 Å². The van der Waals surface area contributed by atoms with E-state index < -0.39 is 33.4 Å². The Balaban J connectivity index is 2.02. The highest BCUT2D eigenvalue weighted by Crippen LogP contribution is 2.45. The highest BCUT2D eigenvalue weighted by Gasteiger charge is 2.38. The van der Waals surface area contributed by atoms with Crippen LogP contribution in [0.15, 0.2) is 53.4 Å². The maximum Gasteiger partial charge on any atom is 0.422 e. The lowest BCUT2D eigenvalue weighted by Gasteiger charge is -2.16. The van der Waals surface area contributed by atoms with E-state index in [1.807, 2.05) is 0 Å². The molecular weight excluding hydrogens is 445 g/mol. The molecule has 0 unspecified atom stereocenters. The fraction of sp³-hybridized carbons (Fsp3) is 0.100. The summed E-state index contributed by atoms with van der Waals surface area (Å²) in [5.41, 5.74) is -2.08. The third kappa shape index (κ3) is 3.81. The number of nitrogens with two attached hydrogens (primary N) is 1. The third-order valence-corrected chi connectivity index (χ3v) is 5.60. The van der Waals surface area contributed by atoms with Crippen molar-refractivity contribution in [1.82, 2.24) is 0 Å². The van der Waals surface area contributed by atoms with Gasteiger partial charge in [-0.3, -0.25) is 0 Å². The van der Waals surface area contributed by atoms with E-state index >= 15 is 0 Å².